The van der Waals surface area contributed by atoms with Gasteiger partial charge in [0.05, 0.1) is 17.3 Å². The molecule has 0 bridgehead atoms. The Balaban J connectivity index is 2.14. The molecule has 0 radical (unpaired) electrons. The molecule has 0 unspecified atom stereocenters. The van der Waals surface area contributed by atoms with E-state index in [4.69, 9.17) is 16.7 Å². The number of halogens is 1. The van der Waals surface area contributed by atoms with Crippen molar-refractivity contribution in [2.24, 2.45) is 0 Å². The molecular weight excluding hydrogens is 266 g/mol. The Morgan fingerprint density at radius 2 is 2.21 bits per heavy atom. The quantitative estimate of drug-likeness (QED) is 0.899. The van der Waals surface area contributed by atoms with Gasteiger partial charge in [-0.2, -0.15) is 0 Å². The van der Waals surface area contributed by atoms with Crippen LogP contribution < -0.4 is 5.32 Å². The third-order valence-electron chi connectivity index (χ3n) is 2.60. The Morgan fingerprint density at radius 3 is 2.89 bits per heavy atom. The zero-order chi connectivity index (χ0) is 13.8. The van der Waals surface area contributed by atoms with Gasteiger partial charge in [-0.05, 0) is 30.7 Å². The zero-order valence-electron chi connectivity index (χ0n) is 10.2. The molecule has 2 aromatic heterocycles. The molecule has 0 aliphatic rings. The average Bonchev–Trinajstić information content (AvgIpc) is 2.39. The van der Waals surface area contributed by atoms with Crippen molar-refractivity contribution in [3.05, 3.63) is 52.4 Å². The Kier molecular flexibility index (Phi) is 3.97. The molecule has 0 fully saturated rings. The lowest BCUT2D eigenvalue weighted by Crippen LogP contribution is -2.08. The second kappa shape index (κ2) is 5.67. The lowest BCUT2D eigenvalue weighted by molar-refractivity contribution is 0.0691. The molecule has 5 nitrogen and oxygen atoms in total. The van der Waals surface area contributed by atoms with E-state index in [0.29, 0.717) is 12.4 Å². The fourth-order valence-electron chi connectivity index (χ4n) is 1.57. The lowest BCUT2D eigenvalue weighted by Gasteiger charge is -2.08. The van der Waals surface area contributed by atoms with Gasteiger partial charge < -0.3 is 10.4 Å². The molecule has 0 spiro atoms. The highest BCUT2D eigenvalue weighted by Gasteiger charge is 2.11. The molecule has 19 heavy (non-hydrogen) atoms. The van der Waals surface area contributed by atoms with Crippen molar-refractivity contribution in [3.8, 4) is 0 Å². The molecule has 0 amide bonds. The van der Waals surface area contributed by atoms with Crippen LogP contribution in [0.2, 0.25) is 5.02 Å². The maximum Gasteiger partial charge on any atom is 0.356 e. The number of aryl methyl sites for hydroxylation is 1. The number of nitrogens with zero attached hydrogens (tertiary/aromatic N) is 2. The van der Waals surface area contributed by atoms with Crippen molar-refractivity contribution in [1.82, 2.24) is 9.97 Å². The van der Waals surface area contributed by atoms with Gasteiger partial charge in [0.2, 0.25) is 0 Å². The molecule has 0 atom stereocenters. The summed E-state index contributed by atoms with van der Waals surface area (Å²) in [6, 6.07) is 6.96. The highest BCUT2D eigenvalue weighted by molar-refractivity contribution is 6.33. The number of pyridine rings is 2. The normalized spacial score (nSPS) is 10.2. The summed E-state index contributed by atoms with van der Waals surface area (Å²) in [5, 5.41) is 12.1. The van der Waals surface area contributed by atoms with Gasteiger partial charge >= 0.3 is 5.97 Å². The minimum absolute atomic E-state index is 0.118. The first kappa shape index (κ1) is 13.3. The van der Waals surface area contributed by atoms with Gasteiger partial charge in [0.1, 0.15) is 5.82 Å². The van der Waals surface area contributed by atoms with Crippen molar-refractivity contribution >= 4 is 23.4 Å². The first-order chi connectivity index (χ1) is 9.08. The van der Waals surface area contributed by atoms with Crippen molar-refractivity contribution < 1.29 is 9.90 Å². The number of carboxylic acid groups (broad SMARTS) is 1. The van der Waals surface area contributed by atoms with Crippen LogP contribution in [0.1, 0.15) is 21.7 Å². The Bertz CT molecular complexity index is 617. The molecule has 2 aromatic rings. The molecule has 6 heteroatoms. The number of hydrogen-bond acceptors (Lipinski definition) is 4. The summed E-state index contributed by atoms with van der Waals surface area (Å²) >= 11 is 5.75. The van der Waals surface area contributed by atoms with Crippen LogP contribution in [0.15, 0.2) is 30.5 Å². The number of rotatable bonds is 4. The van der Waals surface area contributed by atoms with Gasteiger partial charge in [0, 0.05) is 6.20 Å². The van der Waals surface area contributed by atoms with E-state index in [1.165, 1.54) is 6.07 Å². The first-order valence-corrected chi connectivity index (χ1v) is 6.00. The number of carbonyl (C=O) groups is 1. The summed E-state index contributed by atoms with van der Waals surface area (Å²) in [6.07, 6.45) is 1.71. The van der Waals surface area contributed by atoms with Crippen LogP contribution in [-0.2, 0) is 6.54 Å². The van der Waals surface area contributed by atoms with E-state index in [0.717, 1.165) is 11.3 Å². The van der Waals surface area contributed by atoms with Gasteiger partial charge in [-0.15, -0.1) is 0 Å². The van der Waals surface area contributed by atoms with Crippen LogP contribution >= 0.6 is 11.6 Å². The average molecular weight is 278 g/mol. The molecule has 98 valence electrons. The summed E-state index contributed by atoms with van der Waals surface area (Å²) < 4.78 is 0. The van der Waals surface area contributed by atoms with Gasteiger partial charge in [0.25, 0.3) is 0 Å². The number of carboxylic acids is 1. The third kappa shape index (κ3) is 3.20. The summed E-state index contributed by atoms with van der Waals surface area (Å²) in [5.41, 5.74) is 1.78. The summed E-state index contributed by atoms with van der Waals surface area (Å²) in [5.74, 6) is -0.700. The number of aromatic nitrogens is 2. The molecule has 0 saturated heterocycles. The summed E-state index contributed by atoms with van der Waals surface area (Å²) in [6.45, 7) is 2.43. The predicted octanol–water partition coefficient (Wildman–Crippen LogP) is 2.75. The first-order valence-electron chi connectivity index (χ1n) is 5.62. The largest absolute Gasteiger partial charge is 0.476 e. The highest BCUT2D eigenvalue weighted by atomic mass is 35.5. The number of anilines is 1. The molecule has 0 aliphatic heterocycles. The fourth-order valence-corrected chi connectivity index (χ4v) is 1.75. The van der Waals surface area contributed by atoms with Gasteiger partial charge in [0.15, 0.2) is 5.69 Å². The molecule has 2 N–H and O–H groups in total. The molecular formula is C13H12ClN3O2. The van der Waals surface area contributed by atoms with E-state index in [2.05, 4.69) is 15.3 Å². The molecule has 2 heterocycles. The lowest BCUT2D eigenvalue weighted by atomic mass is 10.2. The van der Waals surface area contributed by atoms with Gasteiger partial charge in [-0.3, -0.25) is 4.98 Å². The Hall–Kier alpha value is -2.14. The molecule has 2 rings (SSSR count). The van der Waals surface area contributed by atoms with E-state index < -0.39 is 5.97 Å². The highest BCUT2D eigenvalue weighted by Crippen LogP contribution is 2.17. The summed E-state index contributed by atoms with van der Waals surface area (Å²) in [7, 11) is 0. The van der Waals surface area contributed by atoms with Crippen molar-refractivity contribution in [3.63, 3.8) is 0 Å². The topological polar surface area (TPSA) is 75.1 Å². The van der Waals surface area contributed by atoms with Crippen molar-refractivity contribution in [1.29, 1.82) is 0 Å². The van der Waals surface area contributed by atoms with Crippen LogP contribution in [0.3, 0.4) is 0 Å². The minimum atomic E-state index is -1.15. The van der Waals surface area contributed by atoms with Crippen LogP contribution in [0.4, 0.5) is 5.82 Å². The number of hydrogen-bond donors (Lipinski definition) is 2. The Labute approximate surface area is 115 Å². The van der Waals surface area contributed by atoms with Gasteiger partial charge in [-0.1, -0.05) is 17.7 Å². The van der Waals surface area contributed by atoms with Crippen molar-refractivity contribution in [2.75, 3.05) is 5.32 Å². The number of nitrogens with one attached hydrogen (secondary N) is 1. The maximum absolute atomic E-state index is 10.9. The second-order valence-electron chi connectivity index (χ2n) is 3.95. The standard InChI is InChI=1S/C13H12ClN3O2/c1-8-3-2-6-15-10(8)7-16-11-5-4-9(14)12(17-11)13(18)19/h2-6H,7H2,1H3,(H,16,17)(H,18,19). The van der Waals surface area contributed by atoms with Crippen LogP contribution in [0, 0.1) is 6.92 Å². The van der Waals surface area contributed by atoms with E-state index in [1.807, 2.05) is 19.1 Å². The molecule has 0 aliphatic carbocycles. The maximum atomic E-state index is 10.9. The predicted molar refractivity (Wildman–Crippen MR) is 72.5 cm³/mol. The van der Waals surface area contributed by atoms with E-state index >= 15 is 0 Å². The van der Waals surface area contributed by atoms with Crippen molar-refractivity contribution in [2.45, 2.75) is 13.5 Å². The van der Waals surface area contributed by atoms with Gasteiger partial charge in [-0.25, -0.2) is 9.78 Å². The molecule has 0 aromatic carbocycles. The van der Waals surface area contributed by atoms with Crippen LogP contribution in [0.5, 0.6) is 0 Å². The Morgan fingerprint density at radius 1 is 1.42 bits per heavy atom. The molecule has 0 saturated carbocycles. The monoisotopic (exact) mass is 277 g/mol. The van der Waals surface area contributed by atoms with E-state index in [1.54, 1.807) is 12.3 Å². The fraction of sp³-hybridized carbons (Fsp3) is 0.154. The van der Waals surface area contributed by atoms with E-state index in [-0.39, 0.29) is 10.7 Å². The SMILES string of the molecule is Cc1cccnc1CNc1ccc(Cl)c(C(=O)O)n1. The minimum Gasteiger partial charge on any atom is -0.476 e. The third-order valence-corrected chi connectivity index (χ3v) is 2.91. The zero-order valence-corrected chi connectivity index (χ0v) is 11.0. The van der Waals surface area contributed by atoms with Crippen LogP contribution in [-0.4, -0.2) is 21.0 Å². The van der Waals surface area contributed by atoms with Crippen LogP contribution in [0.25, 0.3) is 0 Å². The number of aromatic carboxylic acids is 1. The van der Waals surface area contributed by atoms with E-state index in [9.17, 15) is 4.79 Å². The summed E-state index contributed by atoms with van der Waals surface area (Å²) in [4.78, 5) is 19.1. The second-order valence-corrected chi connectivity index (χ2v) is 4.36. The smallest absolute Gasteiger partial charge is 0.356 e.